The number of carbonyl (C=O) groups excluding carboxylic acids is 2. The standard InChI is InChI=1S/C11H20O3/c1-5-9(6-2)10(12)8(4)11(13)14-7-3/h8-9H,5-7H2,1-4H3. The van der Waals surface area contributed by atoms with Crippen LogP contribution in [-0.2, 0) is 14.3 Å². The molecule has 0 N–H and O–H groups in total. The lowest BCUT2D eigenvalue weighted by Gasteiger charge is -2.15. The Bertz CT molecular complexity index is 195. The van der Waals surface area contributed by atoms with Crippen molar-refractivity contribution in [2.75, 3.05) is 6.61 Å². The average Bonchev–Trinajstić information content (AvgIpc) is 2.18. The van der Waals surface area contributed by atoms with Crippen molar-refractivity contribution in [2.24, 2.45) is 11.8 Å². The third-order valence-corrected chi connectivity index (χ3v) is 2.45. The smallest absolute Gasteiger partial charge is 0.316 e. The molecule has 0 radical (unpaired) electrons. The van der Waals surface area contributed by atoms with Crippen molar-refractivity contribution in [1.29, 1.82) is 0 Å². The molecule has 0 heterocycles. The van der Waals surface area contributed by atoms with Crippen LogP contribution in [0.3, 0.4) is 0 Å². The second-order valence-electron chi connectivity index (χ2n) is 3.39. The van der Waals surface area contributed by atoms with Gasteiger partial charge in [0.15, 0.2) is 0 Å². The first-order chi connectivity index (χ1) is 6.58. The number of hydrogen-bond donors (Lipinski definition) is 0. The molecule has 0 aliphatic rings. The summed E-state index contributed by atoms with van der Waals surface area (Å²) in [6.07, 6.45) is 1.58. The van der Waals surface area contributed by atoms with Crippen LogP contribution >= 0.6 is 0 Å². The van der Waals surface area contributed by atoms with Crippen molar-refractivity contribution in [3.8, 4) is 0 Å². The summed E-state index contributed by atoms with van der Waals surface area (Å²) in [7, 11) is 0. The fourth-order valence-corrected chi connectivity index (χ4v) is 1.43. The molecule has 0 fully saturated rings. The lowest BCUT2D eigenvalue weighted by molar-refractivity contribution is -0.151. The third kappa shape index (κ3) is 3.48. The molecule has 0 bridgehead atoms. The van der Waals surface area contributed by atoms with E-state index in [1.807, 2.05) is 13.8 Å². The quantitative estimate of drug-likeness (QED) is 0.487. The van der Waals surface area contributed by atoms with Crippen LogP contribution < -0.4 is 0 Å². The predicted octanol–water partition coefficient (Wildman–Crippen LogP) is 2.19. The Balaban J connectivity index is 4.29. The van der Waals surface area contributed by atoms with E-state index in [9.17, 15) is 9.59 Å². The van der Waals surface area contributed by atoms with Crippen LogP contribution in [0.15, 0.2) is 0 Å². The van der Waals surface area contributed by atoms with Crippen LogP contribution in [0.5, 0.6) is 0 Å². The van der Waals surface area contributed by atoms with Crippen molar-refractivity contribution >= 4 is 11.8 Å². The zero-order valence-corrected chi connectivity index (χ0v) is 9.50. The molecule has 0 aliphatic carbocycles. The molecule has 0 saturated heterocycles. The minimum atomic E-state index is -0.611. The SMILES string of the molecule is CCOC(=O)C(C)C(=O)C(CC)CC. The summed E-state index contributed by atoms with van der Waals surface area (Å²) in [4.78, 5) is 23.0. The van der Waals surface area contributed by atoms with Crippen LogP contribution in [-0.4, -0.2) is 18.4 Å². The molecule has 0 spiro atoms. The largest absolute Gasteiger partial charge is 0.465 e. The molecule has 0 aliphatic heterocycles. The molecular weight excluding hydrogens is 180 g/mol. The van der Waals surface area contributed by atoms with Crippen molar-refractivity contribution < 1.29 is 14.3 Å². The van der Waals surface area contributed by atoms with E-state index in [2.05, 4.69) is 0 Å². The van der Waals surface area contributed by atoms with E-state index in [-0.39, 0.29) is 11.7 Å². The minimum Gasteiger partial charge on any atom is -0.465 e. The van der Waals surface area contributed by atoms with Crippen LogP contribution in [0.4, 0.5) is 0 Å². The van der Waals surface area contributed by atoms with Crippen LogP contribution in [0.1, 0.15) is 40.5 Å². The highest BCUT2D eigenvalue weighted by Gasteiger charge is 2.27. The Kier molecular flexibility index (Phi) is 6.17. The van der Waals surface area contributed by atoms with Gasteiger partial charge in [0.1, 0.15) is 11.7 Å². The lowest BCUT2D eigenvalue weighted by Crippen LogP contribution is -2.28. The number of hydrogen-bond acceptors (Lipinski definition) is 3. The van der Waals surface area contributed by atoms with Gasteiger partial charge in [-0.05, 0) is 26.7 Å². The number of ketones is 1. The molecule has 82 valence electrons. The molecule has 1 atom stereocenters. The normalized spacial score (nSPS) is 12.6. The maximum atomic E-state index is 11.7. The van der Waals surface area contributed by atoms with Gasteiger partial charge in [-0.2, -0.15) is 0 Å². The van der Waals surface area contributed by atoms with Gasteiger partial charge < -0.3 is 4.74 Å². The molecule has 0 amide bonds. The van der Waals surface area contributed by atoms with Gasteiger partial charge >= 0.3 is 5.97 Å². The Labute approximate surface area is 85.8 Å². The summed E-state index contributed by atoms with van der Waals surface area (Å²) >= 11 is 0. The van der Waals surface area contributed by atoms with Gasteiger partial charge in [-0.25, -0.2) is 0 Å². The Morgan fingerprint density at radius 3 is 2.00 bits per heavy atom. The zero-order chi connectivity index (χ0) is 11.1. The molecule has 0 aromatic rings. The molecule has 3 nitrogen and oxygen atoms in total. The van der Waals surface area contributed by atoms with Crippen LogP contribution in [0, 0.1) is 11.8 Å². The van der Waals surface area contributed by atoms with Gasteiger partial charge in [-0.1, -0.05) is 13.8 Å². The van der Waals surface area contributed by atoms with Gasteiger partial charge in [-0.15, -0.1) is 0 Å². The Hall–Kier alpha value is -0.860. The van der Waals surface area contributed by atoms with Crippen LogP contribution in [0.25, 0.3) is 0 Å². The first-order valence-electron chi connectivity index (χ1n) is 5.28. The third-order valence-electron chi connectivity index (χ3n) is 2.45. The van der Waals surface area contributed by atoms with E-state index in [0.717, 1.165) is 12.8 Å². The van der Waals surface area contributed by atoms with Gasteiger partial charge in [0, 0.05) is 5.92 Å². The second kappa shape index (κ2) is 6.57. The van der Waals surface area contributed by atoms with Crippen molar-refractivity contribution in [3.63, 3.8) is 0 Å². The highest BCUT2D eigenvalue weighted by Crippen LogP contribution is 2.15. The summed E-state index contributed by atoms with van der Waals surface area (Å²) in [5.74, 6) is -1.01. The van der Waals surface area contributed by atoms with Gasteiger partial charge in [0.05, 0.1) is 6.61 Å². The molecule has 14 heavy (non-hydrogen) atoms. The number of esters is 1. The minimum absolute atomic E-state index is 0.00518. The molecular formula is C11H20O3. The molecule has 0 rings (SSSR count). The van der Waals surface area contributed by atoms with E-state index in [0.29, 0.717) is 6.61 Å². The van der Waals surface area contributed by atoms with Crippen molar-refractivity contribution in [2.45, 2.75) is 40.5 Å². The highest BCUT2D eigenvalue weighted by molar-refractivity contribution is 5.99. The zero-order valence-electron chi connectivity index (χ0n) is 9.50. The summed E-state index contributed by atoms with van der Waals surface area (Å²) in [6, 6.07) is 0. The predicted molar refractivity (Wildman–Crippen MR) is 54.9 cm³/mol. The fourth-order valence-electron chi connectivity index (χ4n) is 1.43. The van der Waals surface area contributed by atoms with E-state index < -0.39 is 11.9 Å². The van der Waals surface area contributed by atoms with Gasteiger partial charge in [0.2, 0.25) is 0 Å². The van der Waals surface area contributed by atoms with Crippen molar-refractivity contribution in [1.82, 2.24) is 0 Å². The molecule has 0 aromatic heterocycles. The summed E-state index contributed by atoms with van der Waals surface area (Å²) in [5.41, 5.74) is 0. The summed E-state index contributed by atoms with van der Waals surface area (Å²) in [5, 5.41) is 0. The maximum Gasteiger partial charge on any atom is 0.316 e. The van der Waals surface area contributed by atoms with Gasteiger partial charge in [-0.3, -0.25) is 9.59 Å². The number of carbonyl (C=O) groups is 2. The summed E-state index contributed by atoms with van der Waals surface area (Å²) < 4.78 is 4.80. The lowest BCUT2D eigenvalue weighted by atomic mass is 9.90. The molecule has 0 saturated carbocycles. The average molecular weight is 200 g/mol. The Morgan fingerprint density at radius 1 is 1.14 bits per heavy atom. The first kappa shape index (κ1) is 13.1. The molecule has 3 heteroatoms. The number of ether oxygens (including phenoxy) is 1. The van der Waals surface area contributed by atoms with E-state index in [4.69, 9.17) is 4.74 Å². The number of Topliss-reactive ketones (excluding diaryl/α,β-unsaturated/α-hetero) is 1. The fraction of sp³-hybridized carbons (Fsp3) is 0.818. The van der Waals surface area contributed by atoms with Crippen LogP contribution in [0.2, 0.25) is 0 Å². The Morgan fingerprint density at radius 2 is 1.64 bits per heavy atom. The summed E-state index contributed by atoms with van der Waals surface area (Å²) in [6.45, 7) is 7.62. The van der Waals surface area contributed by atoms with Crippen molar-refractivity contribution in [3.05, 3.63) is 0 Å². The second-order valence-corrected chi connectivity index (χ2v) is 3.39. The van der Waals surface area contributed by atoms with E-state index in [1.165, 1.54) is 0 Å². The topological polar surface area (TPSA) is 43.4 Å². The monoisotopic (exact) mass is 200 g/mol. The molecule has 0 aromatic carbocycles. The molecule has 1 unspecified atom stereocenters. The van der Waals surface area contributed by atoms with Gasteiger partial charge in [0.25, 0.3) is 0 Å². The highest BCUT2D eigenvalue weighted by atomic mass is 16.5. The van der Waals surface area contributed by atoms with E-state index >= 15 is 0 Å². The first-order valence-corrected chi connectivity index (χ1v) is 5.28. The van der Waals surface area contributed by atoms with E-state index in [1.54, 1.807) is 13.8 Å². The number of rotatable bonds is 6. The maximum absolute atomic E-state index is 11.7.